The first-order valence-corrected chi connectivity index (χ1v) is 12.0. The Labute approximate surface area is 201 Å². The van der Waals surface area contributed by atoms with Crippen molar-refractivity contribution in [3.05, 3.63) is 52.4 Å². The van der Waals surface area contributed by atoms with Gasteiger partial charge in [0.15, 0.2) is 5.78 Å². The standard InChI is InChI=1S/C27H35NO6/c1-7-13-33-19-11-9-18(10-12-19)23-22(27(31)34-16(4)8-2)17(5)28-20-14-15(3)21(26(30)32-6)25(29)24(20)23/h9-12,15-16,21,23,28H,7-8,13-14H2,1-6H3/t15-,16+,21+,23+/m0/s1. The number of esters is 2. The van der Waals surface area contributed by atoms with E-state index in [1.165, 1.54) is 7.11 Å². The van der Waals surface area contributed by atoms with Crippen LogP contribution in [0.3, 0.4) is 0 Å². The Hall–Kier alpha value is -3.09. The number of ketones is 1. The molecule has 4 atom stereocenters. The van der Waals surface area contributed by atoms with E-state index >= 15 is 0 Å². The molecule has 7 nitrogen and oxygen atoms in total. The zero-order valence-electron chi connectivity index (χ0n) is 20.9. The molecular weight excluding hydrogens is 434 g/mol. The van der Waals surface area contributed by atoms with Crippen molar-refractivity contribution in [2.75, 3.05) is 13.7 Å². The second-order valence-electron chi connectivity index (χ2n) is 9.08. The topological polar surface area (TPSA) is 90.9 Å². The molecule has 0 aromatic heterocycles. The number of hydrogen-bond acceptors (Lipinski definition) is 7. The molecule has 184 valence electrons. The molecule has 0 saturated heterocycles. The molecule has 0 spiro atoms. The molecule has 7 heteroatoms. The second-order valence-corrected chi connectivity index (χ2v) is 9.08. The molecular formula is C27H35NO6. The lowest BCUT2D eigenvalue weighted by Crippen LogP contribution is -2.43. The third-order valence-electron chi connectivity index (χ3n) is 6.53. The summed E-state index contributed by atoms with van der Waals surface area (Å²) in [5, 5.41) is 3.28. The zero-order valence-corrected chi connectivity index (χ0v) is 20.9. The molecule has 0 fully saturated rings. The van der Waals surface area contributed by atoms with Crippen LogP contribution >= 0.6 is 0 Å². The number of dihydropyridines is 1. The highest BCUT2D eigenvalue weighted by Crippen LogP contribution is 2.45. The normalized spacial score (nSPS) is 23.1. The Morgan fingerprint density at radius 1 is 1.18 bits per heavy atom. The quantitative estimate of drug-likeness (QED) is 0.445. The number of allylic oxidation sites excluding steroid dienone is 3. The summed E-state index contributed by atoms with van der Waals surface area (Å²) in [6.45, 7) is 10.1. The largest absolute Gasteiger partial charge is 0.494 e. The van der Waals surface area contributed by atoms with Crippen LogP contribution in [0.4, 0.5) is 0 Å². The number of ether oxygens (including phenoxy) is 3. The molecule has 1 N–H and O–H groups in total. The van der Waals surface area contributed by atoms with Crippen LogP contribution in [0, 0.1) is 11.8 Å². The molecule has 34 heavy (non-hydrogen) atoms. The van der Waals surface area contributed by atoms with Crippen molar-refractivity contribution >= 4 is 17.7 Å². The number of nitrogens with one attached hydrogen (secondary N) is 1. The Kier molecular flexibility index (Phi) is 8.18. The van der Waals surface area contributed by atoms with Crippen LogP contribution in [0.1, 0.15) is 65.4 Å². The SMILES string of the molecule is CCCOc1ccc([C@@H]2C(C(=O)O[C@H](C)CC)=C(C)NC3=C2C(=O)[C@H](C(=O)OC)[C@@H](C)C3)cc1. The minimum Gasteiger partial charge on any atom is -0.494 e. The van der Waals surface area contributed by atoms with Crippen LogP contribution in [0.5, 0.6) is 5.75 Å². The zero-order chi connectivity index (χ0) is 25.0. The summed E-state index contributed by atoms with van der Waals surface area (Å²) in [5.74, 6) is -2.41. The van der Waals surface area contributed by atoms with Crippen LogP contribution in [-0.2, 0) is 23.9 Å². The first-order chi connectivity index (χ1) is 16.2. The van der Waals surface area contributed by atoms with E-state index in [1.54, 1.807) is 0 Å². The highest BCUT2D eigenvalue weighted by Gasteiger charge is 2.47. The lowest BCUT2D eigenvalue weighted by molar-refractivity contribution is -0.151. The summed E-state index contributed by atoms with van der Waals surface area (Å²) < 4.78 is 16.3. The van der Waals surface area contributed by atoms with Gasteiger partial charge in [-0.15, -0.1) is 0 Å². The summed E-state index contributed by atoms with van der Waals surface area (Å²) in [6.07, 6.45) is 1.80. The van der Waals surface area contributed by atoms with Gasteiger partial charge in [-0.25, -0.2) is 4.79 Å². The minimum absolute atomic E-state index is 0.224. The van der Waals surface area contributed by atoms with E-state index in [-0.39, 0.29) is 17.8 Å². The number of carbonyl (C=O) groups excluding carboxylic acids is 3. The lowest BCUT2D eigenvalue weighted by Gasteiger charge is -2.38. The van der Waals surface area contributed by atoms with Crippen LogP contribution in [0.2, 0.25) is 0 Å². The number of carbonyl (C=O) groups is 3. The van der Waals surface area contributed by atoms with Crippen molar-refractivity contribution in [2.45, 2.75) is 65.9 Å². The highest BCUT2D eigenvalue weighted by atomic mass is 16.5. The van der Waals surface area contributed by atoms with E-state index in [2.05, 4.69) is 5.32 Å². The first kappa shape index (κ1) is 25.5. The van der Waals surface area contributed by atoms with Crippen LogP contribution in [0.25, 0.3) is 0 Å². The van der Waals surface area contributed by atoms with Gasteiger partial charge in [0.1, 0.15) is 11.7 Å². The second kappa shape index (κ2) is 10.9. The molecule has 0 radical (unpaired) electrons. The Balaban J connectivity index is 2.11. The summed E-state index contributed by atoms with van der Waals surface area (Å²) >= 11 is 0. The van der Waals surface area contributed by atoms with E-state index in [0.29, 0.717) is 42.0 Å². The van der Waals surface area contributed by atoms with E-state index in [9.17, 15) is 14.4 Å². The Morgan fingerprint density at radius 2 is 1.85 bits per heavy atom. The van der Waals surface area contributed by atoms with Gasteiger partial charge >= 0.3 is 11.9 Å². The van der Waals surface area contributed by atoms with Gasteiger partial charge in [0.25, 0.3) is 0 Å². The molecule has 3 rings (SSSR count). The molecule has 1 aliphatic carbocycles. The summed E-state index contributed by atoms with van der Waals surface area (Å²) in [5.41, 5.74) is 2.97. The number of hydrogen-bond donors (Lipinski definition) is 1. The molecule has 1 aromatic rings. The van der Waals surface area contributed by atoms with Gasteiger partial charge in [-0.05, 0) is 56.7 Å². The maximum absolute atomic E-state index is 13.7. The average molecular weight is 470 g/mol. The number of Topliss-reactive ketones (excluding diaryl/α,β-unsaturated/α-hetero) is 1. The molecule has 2 aliphatic rings. The maximum atomic E-state index is 13.7. The fraction of sp³-hybridized carbons (Fsp3) is 0.519. The lowest BCUT2D eigenvalue weighted by atomic mass is 9.69. The van der Waals surface area contributed by atoms with Gasteiger partial charge in [0.2, 0.25) is 0 Å². The smallest absolute Gasteiger partial charge is 0.337 e. The minimum atomic E-state index is -0.912. The van der Waals surface area contributed by atoms with Crippen molar-refractivity contribution < 1.29 is 28.6 Å². The third-order valence-corrected chi connectivity index (χ3v) is 6.53. The Morgan fingerprint density at radius 3 is 2.44 bits per heavy atom. The van der Waals surface area contributed by atoms with Gasteiger partial charge in [0.05, 0.1) is 25.4 Å². The first-order valence-electron chi connectivity index (χ1n) is 12.0. The van der Waals surface area contributed by atoms with Crippen LogP contribution < -0.4 is 10.1 Å². The number of benzene rings is 1. The van der Waals surface area contributed by atoms with E-state index in [4.69, 9.17) is 14.2 Å². The van der Waals surface area contributed by atoms with E-state index in [0.717, 1.165) is 17.7 Å². The number of rotatable bonds is 8. The Bertz CT molecular complexity index is 1010. The monoisotopic (exact) mass is 469 g/mol. The van der Waals surface area contributed by atoms with E-state index in [1.807, 2.05) is 58.9 Å². The summed E-state index contributed by atoms with van der Waals surface area (Å²) in [6, 6.07) is 7.42. The van der Waals surface area contributed by atoms with Crippen molar-refractivity contribution in [1.82, 2.24) is 5.32 Å². The van der Waals surface area contributed by atoms with Gasteiger partial charge in [-0.2, -0.15) is 0 Å². The van der Waals surface area contributed by atoms with Crippen LogP contribution in [-0.4, -0.2) is 37.5 Å². The third kappa shape index (κ3) is 5.03. The van der Waals surface area contributed by atoms with Gasteiger partial charge < -0.3 is 19.5 Å². The fourth-order valence-corrected chi connectivity index (χ4v) is 4.59. The predicted molar refractivity (Wildman–Crippen MR) is 128 cm³/mol. The van der Waals surface area contributed by atoms with Crippen molar-refractivity contribution in [3.63, 3.8) is 0 Å². The molecule has 1 aliphatic heterocycles. The molecule has 0 unspecified atom stereocenters. The highest BCUT2D eigenvalue weighted by molar-refractivity contribution is 6.12. The molecule has 1 heterocycles. The summed E-state index contributed by atoms with van der Waals surface area (Å²) in [7, 11) is 1.29. The van der Waals surface area contributed by atoms with Crippen molar-refractivity contribution in [2.24, 2.45) is 11.8 Å². The summed E-state index contributed by atoms with van der Waals surface area (Å²) in [4.78, 5) is 39.5. The van der Waals surface area contributed by atoms with Crippen molar-refractivity contribution in [1.29, 1.82) is 0 Å². The van der Waals surface area contributed by atoms with Crippen LogP contribution in [0.15, 0.2) is 46.8 Å². The maximum Gasteiger partial charge on any atom is 0.337 e. The van der Waals surface area contributed by atoms with E-state index < -0.39 is 23.8 Å². The molecule has 0 amide bonds. The predicted octanol–water partition coefficient (Wildman–Crippen LogP) is 4.43. The van der Waals surface area contributed by atoms with Gasteiger partial charge in [-0.3, -0.25) is 9.59 Å². The van der Waals surface area contributed by atoms with Gasteiger partial charge in [0, 0.05) is 22.9 Å². The molecule has 1 aromatic carbocycles. The molecule has 0 bridgehead atoms. The van der Waals surface area contributed by atoms with Gasteiger partial charge in [-0.1, -0.05) is 32.9 Å². The molecule has 0 saturated carbocycles. The average Bonchev–Trinajstić information content (AvgIpc) is 2.81. The van der Waals surface area contributed by atoms with Crippen molar-refractivity contribution in [3.8, 4) is 5.75 Å². The fourth-order valence-electron chi connectivity index (χ4n) is 4.59. The number of methoxy groups -OCH3 is 1.